The Morgan fingerprint density at radius 3 is 2.74 bits per heavy atom. The summed E-state index contributed by atoms with van der Waals surface area (Å²) in [5.41, 5.74) is 1.81. The minimum Gasteiger partial charge on any atom is -0.317 e. The average molecular weight is 280 g/mol. The van der Waals surface area contributed by atoms with Gasteiger partial charge in [0.15, 0.2) is 0 Å². The number of aliphatic imine (C=N–C) groups is 1. The molecular weight excluding hydrogens is 262 g/mol. The molecule has 1 aromatic rings. The van der Waals surface area contributed by atoms with Crippen LogP contribution in [0.2, 0.25) is 0 Å². The van der Waals surface area contributed by atoms with Crippen molar-refractivity contribution in [1.82, 2.24) is 5.32 Å². The minimum absolute atomic E-state index is 0. The molecule has 102 valence electrons. The lowest BCUT2D eigenvalue weighted by molar-refractivity contribution is -0.122. The standard InChI is InChI=1S/C14H17N3O.ClH/c1-11-3-2-4-12(9-11)17-10-16-13(18)14(17)5-7-15-8-6-14;/h2-4,9-10,15H,5-8H2,1H3;1H. The highest BCUT2D eigenvalue weighted by atomic mass is 35.5. The lowest BCUT2D eigenvalue weighted by atomic mass is 9.86. The van der Waals surface area contributed by atoms with E-state index < -0.39 is 5.54 Å². The molecule has 0 aliphatic carbocycles. The Morgan fingerprint density at radius 2 is 2.05 bits per heavy atom. The summed E-state index contributed by atoms with van der Waals surface area (Å²) in [6.07, 6.45) is 3.34. The van der Waals surface area contributed by atoms with Crippen molar-refractivity contribution in [1.29, 1.82) is 0 Å². The van der Waals surface area contributed by atoms with Crippen LogP contribution < -0.4 is 10.2 Å². The predicted molar refractivity (Wildman–Crippen MR) is 79.2 cm³/mol. The molecule has 1 spiro atoms. The SMILES string of the molecule is Cc1cccc(N2C=NC(=O)C23CCNCC3)c1.Cl. The van der Waals surface area contributed by atoms with Crippen LogP contribution in [0.4, 0.5) is 5.69 Å². The number of nitrogens with one attached hydrogen (secondary N) is 1. The van der Waals surface area contributed by atoms with Crippen molar-refractivity contribution in [3.05, 3.63) is 29.8 Å². The molecule has 0 saturated carbocycles. The molecule has 0 bridgehead atoms. The van der Waals surface area contributed by atoms with E-state index in [1.807, 2.05) is 12.1 Å². The van der Waals surface area contributed by atoms with E-state index in [0.717, 1.165) is 31.6 Å². The van der Waals surface area contributed by atoms with Gasteiger partial charge in [0.05, 0.1) is 6.34 Å². The maximum Gasteiger partial charge on any atom is 0.273 e. The van der Waals surface area contributed by atoms with Gasteiger partial charge in [-0.05, 0) is 50.6 Å². The Balaban J connectivity index is 0.00000133. The zero-order chi connectivity index (χ0) is 12.6. The summed E-state index contributed by atoms with van der Waals surface area (Å²) in [5.74, 6) is 0.00510. The van der Waals surface area contributed by atoms with E-state index in [-0.39, 0.29) is 18.3 Å². The van der Waals surface area contributed by atoms with Crippen LogP contribution in [0.5, 0.6) is 0 Å². The van der Waals surface area contributed by atoms with Gasteiger partial charge in [0.1, 0.15) is 5.54 Å². The quantitative estimate of drug-likeness (QED) is 0.854. The summed E-state index contributed by atoms with van der Waals surface area (Å²) in [6, 6.07) is 8.24. The molecule has 2 heterocycles. The first kappa shape index (κ1) is 14.0. The maximum absolute atomic E-state index is 12.2. The van der Waals surface area contributed by atoms with E-state index in [0.29, 0.717) is 0 Å². The molecule has 0 aromatic heterocycles. The van der Waals surface area contributed by atoms with E-state index in [4.69, 9.17) is 0 Å². The molecule has 4 nitrogen and oxygen atoms in total. The monoisotopic (exact) mass is 279 g/mol. The molecule has 5 heteroatoms. The van der Waals surface area contributed by atoms with Crippen molar-refractivity contribution in [2.24, 2.45) is 4.99 Å². The van der Waals surface area contributed by atoms with Crippen LogP contribution in [0.1, 0.15) is 18.4 Å². The second-order valence-corrected chi connectivity index (χ2v) is 5.04. The zero-order valence-electron chi connectivity index (χ0n) is 10.9. The number of hydrogen-bond acceptors (Lipinski definition) is 3. The lowest BCUT2D eigenvalue weighted by Gasteiger charge is -2.39. The summed E-state index contributed by atoms with van der Waals surface area (Å²) in [4.78, 5) is 18.2. The molecule has 0 radical (unpaired) electrons. The number of piperidine rings is 1. The van der Waals surface area contributed by atoms with Crippen molar-refractivity contribution in [3.8, 4) is 0 Å². The van der Waals surface area contributed by atoms with Gasteiger partial charge in [0, 0.05) is 5.69 Å². The van der Waals surface area contributed by atoms with Crippen LogP contribution in [-0.2, 0) is 4.79 Å². The van der Waals surface area contributed by atoms with Crippen molar-refractivity contribution in [2.45, 2.75) is 25.3 Å². The number of aryl methyl sites for hydroxylation is 1. The first-order chi connectivity index (χ1) is 8.72. The van der Waals surface area contributed by atoms with Crippen LogP contribution in [0.3, 0.4) is 0 Å². The molecule has 0 atom stereocenters. The third kappa shape index (κ3) is 2.26. The normalized spacial score (nSPS) is 20.7. The van der Waals surface area contributed by atoms with Crippen molar-refractivity contribution < 1.29 is 4.79 Å². The van der Waals surface area contributed by atoms with E-state index >= 15 is 0 Å². The van der Waals surface area contributed by atoms with Gasteiger partial charge in [-0.2, -0.15) is 0 Å². The summed E-state index contributed by atoms with van der Waals surface area (Å²) in [5, 5.41) is 3.31. The van der Waals surface area contributed by atoms with Gasteiger partial charge >= 0.3 is 0 Å². The van der Waals surface area contributed by atoms with Gasteiger partial charge in [0.25, 0.3) is 5.91 Å². The van der Waals surface area contributed by atoms with Gasteiger partial charge in [-0.3, -0.25) is 4.79 Å². The Hall–Kier alpha value is -1.39. The molecule has 1 fully saturated rings. The molecule has 1 N–H and O–H groups in total. The molecular formula is C14H18ClN3O. The number of rotatable bonds is 1. The highest BCUT2D eigenvalue weighted by Crippen LogP contribution is 2.35. The molecule has 19 heavy (non-hydrogen) atoms. The molecule has 0 unspecified atom stereocenters. The minimum atomic E-state index is -0.445. The lowest BCUT2D eigenvalue weighted by Crippen LogP contribution is -2.55. The smallest absolute Gasteiger partial charge is 0.273 e. The van der Waals surface area contributed by atoms with Crippen molar-refractivity contribution in [2.75, 3.05) is 18.0 Å². The summed E-state index contributed by atoms with van der Waals surface area (Å²) >= 11 is 0. The van der Waals surface area contributed by atoms with Crippen molar-refractivity contribution >= 4 is 30.3 Å². The zero-order valence-corrected chi connectivity index (χ0v) is 11.7. The van der Waals surface area contributed by atoms with Gasteiger partial charge in [-0.15, -0.1) is 12.4 Å². The van der Waals surface area contributed by atoms with E-state index in [1.165, 1.54) is 5.56 Å². The van der Waals surface area contributed by atoms with Crippen LogP contribution in [0.15, 0.2) is 29.3 Å². The molecule has 1 amide bonds. The third-order valence-corrected chi connectivity index (χ3v) is 3.86. The molecule has 3 rings (SSSR count). The second kappa shape index (κ2) is 5.31. The Bertz CT molecular complexity index is 509. The topological polar surface area (TPSA) is 44.7 Å². The summed E-state index contributed by atoms with van der Waals surface area (Å²) in [7, 11) is 0. The van der Waals surface area contributed by atoms with Crippen LogP contribution in [0.25, 0.3) is 0 Å². The molecule has 1 aromatic carbocycles. The molecule has 2 aliphatic heterocycles. The fraction of sp³-hybridized carbons (Fsp3) is 0.429. The number of halogens is 1. The van der Waals surface area contributed by atoms with Gasteiger partial charge in [-0.25, -0.2) is 4.99 Å². The maximum atomic E-state index is 12.2. The number of benzene rings is 1. The third-order valence-electron chi connectivity index (χ3n) is 3.86. The van der Waals surface area contributed by atoms with E-state index in [2.05, 4.69) is 34.3 Å². The second-order valence-electron chi connectivity index (χ2n) is 5.04. The number of nitrogens with zero attached hydrogens (tertiary/aromatic N) is 2. The highest BCUT2D eigenvalue weighted by molar-refractivity contribution is 6.08. The van der Waals surface area contributed by atoms with Crippen LogP contribution >= 0.6 is 12.4 Å². The van der Waals surface area contributed by atoms with Gasteiger partial charge in [-0.1, -0.05) is 12.1 Å². The number of carbonyl (C=O) groups excluding carboxylic acids is 1. The first-order valence-corrected chi connectivity index (χ1v) is 6.38. The Kier molecular flexibility index (Phi) is 3.92. The Morgan fingerprint density at radius 1 is 1.32 bits per heavy atom. The van der Waals surface area contributed by atoms with Gasteiger partial charge < -0.3 is 10.2 Å². The largest absolute Gasteiger partial charge is 0.317 e. The summed E-state index contributed by atoms with van der Waals surface area (Å²) in [6.45, 7) is 3.81. The van der Waals surface area contributed by atoms with E-state index in [9.17, 15) is 4.79 Å². The van der Waals surface area contributed by atoms with E-state index in [1.54, 1.807) is 6.34 Å². The number of hydrogen-bond donors (Lipinski definition) is 1. The number of anilines is 1. The Labute approximate surface area is 119 Å². The fourth-order valence-electron chi connectivity index (χ4n) is 2.83. The molecule has 1 saturated heterocycles. The average Bonchev–Trinajstić information content (AvgIpc) is 2.68. The van der Waals surface area contributed by atoms with Crippen LogP contribution in [0, 0.1) is 6.92 Å². The molecule has 2 aliphatic rings. The highest BCUT2D eigenvalue weighted by Gasteiger charge is 2.47. The number of carbonyl (C=O) groups is 1. The predicted octanol–water partition coefficient (Wildman–Crippen LogP) is 1.91. The van der Waals surface area contributed by atoms with Crippen molar-refractivity contribution in [3.63, 3.8) is 0 Å². The van der Waals surface area contributed by atoms with Gasteiger partial charge in [0.2, 0.25) is 0 Å². The number of amides is 1. The summed E-state index contributed by atoms with van der Waals surface area (Å²) < 4.78 is 0. The fourth-order valence-corrected chi connectivity index (χ4v) is 2.83. The first-order valence-electron chi connectivity index (χ1n) is 6.38. The van der Waals surface area contributed by atoms with Crippen LogP contribution in [-0.4, -0.2) is 30.9 Å².